The van der Waals surface area contributed by atoms with Gasteiger partial charge in [-0.25, -0.2) is 4.98 Å². The van der Waals surface area contributed by atoms with Crippen LogP contribution in [-0.4, -0.2) is 9.55 Å². The van der Waals surface area contributed by atoms with Crippen molar-refractivity contribution >= 4 is 0 Å². The first kappa shape index (κ1) is 13.8. The van der Waals surface area contributed by atoms with Gasteiger partial charge < -0.3 is 10.3 Å². The average Bonchev–Trinajstić information content (AvgIpc) is 2.71. The van der Waals surface area contributed by atoms with Gasteiger partial charge in [-0.15, -0.1) is 12.3 Å². The minimum absolute atomic E-state index is 0.0881. The summed E-state index contributed by atoms with van der Waals surface area (Å²) < 4.78 is 2.16. The monoisotopic (exact) mass is 233 g/mol. The molecule has 0 radical (unpaired) electrons. The zero-order valence-electron chi connectivity index (χ0n) is 10.9. The molecule has 0 fully saturated rings. The smallest absolute Gasteiger partial charge is 0.0948 e. The summed E-state index contributed by atoms with van der Waals surface area (Å²) in [6, 6.07) is 0.0881. The van der Waals surface area contributed by atoms with Crippen LogP contribution in [0.1, 0.15) is 51.3 Å². The maximum atomic E-state index is 6.18. The molecule has 1 aromatic rings. The fourth-order valence-electron chi connectivity index (χ4n) is 1.96. The lowest BCUT2D eigenvalue weighted by Crippen LogP contribution is -2.17. The van der Waals surface area contributed by atoms with Gasteiger partial charge in [-0.05, 0) is 25.2 Å². The van der Waals surface area contributed by atoms with E-state index in [1.807, 2.05) is 12.5 Å². The number of hydrogen-bond acceptors (Lipinski definition) is 2. The third-order valence-corrected chi connectivity index (χ3v) is 2.82. The van der Waals surface area contributed by atoms with Crippen LogP contribution in [0.2, 0.25) is 0 Å². The van der Waals surface area contributed by atoms with Gasteiger partial charge in [-0.1, -0.05) is 13.8 Å². The number of nitrogens with two attached hydrogens (primary N) is 1. The predicted octanol–water partition coefficient (Wildman–Crippen LogP) is 2.73. The van der Waals surface area contributed by atoms with E-state index in [-0.39, 0.29) is 6.04 Å². The van der Waals surface area contributed by atoms with Crippen molar-refractivity contribution in [1.82, 2.24) is 9.55 Å². The minimum atomic E-state index is 0.0881. The Balaban J connectivity index is 2.50. The first-order chi connectivity index (χ1) is 8.15. The van der Waals surface area contributed by atoms with E-state index in [1.165, 1.54) is 0 Å². The second-order valence-corrected chi connectivity index (χ2v) is 4.91. The van der Waals surface area contributed by atoms with Gasteiger partial charge in [-0.2, -0.15) is 0 Å². The number of imidazole rings is 1. The lowest BCUT2D eigenvalue weighted by Gasteiger charge is -2.16. The molecule has 0 aliphatic carbocycles. The zero-order valence-corrected chi connectivity index (χ0v) is 10.9. The molecule has 1 atom stereocenters. The Morgan fingerprint density at radius 3 is 2.88 bits per heavy atom. The molecule has 3 nitrogen and oxygen atoms in total. The lowest BCUT2D eigenvalue weighted by molar-refractivity contribution is 0.478. The van der Waals surface area contributed by atoms with Gasteiger partial charge in [0.2, 0.25) is 0 Å². The Kier molecular flexibility index (Phi) is 5.79. The quantitative estimate of drug-likeness (QED) is 0.581. The van der Waals surface area contributed by atoms with Crippen LogP contribution >= 0.6 is 0 Å². The van der Waals surface area contributed by atoms with Crippen molar-refractivity contribution in [3.63, 3.8) is 0 Å². The third kappa shape index (κ3) is 4.62. The van der Waals surface area contributed by atoms with E-state index < -0.39 is 0 Å². The van der Waals surface area contributed by atoms with Gasteiger partial charge in [0, 0.05) is 25.2 Å². The SMILES string of the molecule is C#CCCCCn1cncc1C(N)CC(C)C. The van der Waals surface area contributed by atoms with Crippen LogP contribution in [0, 0.1) is 18.3 Å². The van der Waals surface area contributed by atoms with Crippen molar-refractivity contribution in [2.24, 2.45) is 11.7 Å². The summed E-state index contributed by atoms with van der Waals surface area (Å²) in [5, 5.41) is 0. The molecule has 17 heavy (non-hydrogen) atoms. The Hall–Kier alpha value is -1.27. The Morgan fingerprint density at radius 2 is 2.24 bits per heavy atom. The minimum Gasteiger partial charge on any atom is -0.333 e. The van der Waals surface area contributed by atoms with Gasteiger partial charge >= 0.3 is 0 Å². The Morgan fingerprint density at radius 1 is 1.47 bits per heavy atom. The summed E-state index contributed by atoms with van der Waals surface area (Å²) in [6.07, 6.45) is 13.0. The molecule has 0 bridgehead atoms. The standard InChI is InChI=1S/C14H23N3/c1-4-5-6-7-8-17-11-16-10-14(17)13(15)9-12(2)3/h1,10-13H,5-9,15H2,2-3H3. The fraction of sp³-hybridized carbons (Fsp3) is 0.643. The predicted molar refractivity (Wildman–Crippen MR) is 71.3 cm³/mol. The number of unbranched alkanes of at least 4 members (excludes halogenated alkanes) is 2. The van der Waals surface area contributed by atoms with Crippen LogP contribution in [0.3, 0.4) is 0 Å². The van der Waals surface area contributed by atoms with E-state index >= 15 is 0 Å². The van der Waals surface area contributed by atoms with E-state index in [1.54, 1.807) is 0 Å². The molecule has 0 saturated carbocycles. The van der Waals surface area contributed by atoms with Crippen molar-refractivity contribution in [3.05, 3.63) is 18.2 Å². The molecule has 0 saturated heterocycles. The van der Waals surface area contributed by atoms with Gasteiger partial charge in [0.25, 0.3) is 0 Å². The second kappa shape index (κ2) is 7.13. The van der Waals surface area contributed by atoms with Crippen molar-refractivity contribution in [1.29, 1.82) is 0 Å². The zero-order chi connectivity index (χ0) is 12.7. The number of aromatic nitrogens is 2. The molecule has 2 N–H and O–H groups in total. The maximum Gasteiger partial charge on any atom is 0.0948 e. The summed E-state index contributed by atoms with van der Waals surface area (Å²) in [6.45, 7) is 5.34. The van der Waals surface area contributed by atoms with Crippen LogP contribution in [0.25, 0.3) is 0 Å². The number of aryl methyl sites for hydroxylation is 1. The van der Waals surface area contributed by atoms with E-state index in [0.717, 1.165) is 37.9 Å². The molecule has 0 amide bonds. The van der Waals surface area contributed by atoms with E-state index in [0.29, 0.717) is 5.92 Å². The topological polar surface area (TPSA) is 43.8 Å². The molecular weight excluding hydrogens is 210 g/mol. The second-order valence-electron chi connectivity index (χ2n) is 4.91. The highest BCUT2D eigenvalue weighted by Gasteiger charge is 2.12. The molecule has 1 heterocycles. The molecule has 3 heteroatoms. The number of nitrogens with zero attached hydrogens (tertiary/aromatic N) is 2. The van der Waals surface area contributed by atoms with Crippen molar-refractivity contribution < 1.29 is 0 Å². The maximum absolute atomic E-state index is 6.18. The molecule has 0 spiro atoms. The van der Waals surface area contributed by atoms with Crippen molar-refractivity contribution in [2.45, 2.75) is 52.1 Å². The van der Waals surface area contributed by atoms with Crippen LogP contribution in [0.5, 0.6) is 0 Å². The van der Waals surface area contributed by atoms with Crippen LogP contribution < -0.4 is 5.73 Å². The highest BCUT2D eigenvalue weighted by atomic mass is 15.1. The van der Waals surface area contributed by atoms with Crippen molar-refractivity contribution in [2.75, 3.05) is 0 Å². The highest BCUT2D eigenvalue weighted by Crippen LogP contribution is 2.18. The summed E-state index contributed by atoms with van der Waals surface area (Å²) in [5.74, 6) is 3.27. The summed E-state index contributed by atoms with van der Waals surface area (Å²) in [5.41, 5.74) is 7.32. The summed E-state index contributed by atoms with van der Waals surface area (Å²) in [4.78, 5) is 4.19. The summed E-state index contributed by atoms with van der Waals surface area (Å²) >= 11 is 0. The van der Waals surface area contributed by atoms with Crippen molar-refractivity contribution in [3.8, 4) is 12.3 Å². The van der Waals surface area contributed by atoms with E-state index in [2.05, 4.69) is 29.3 Å². The van der Waals surface area contributed by atoms with Gasteiger partial charge in [0.05, 0.1) is 12.0 Å². The molecule has 1 aromatic heterocycles. The molecule has 0 aliphatic heterocycles. The van der Waals surface area contributed by atoms with E-state index in [9.17, 15) is 0 Å². The molecule has 94 valence electrons. The first-order valence-corrected chi connectivity index (χ1v) is 6.34. The average molecular weight is 233 g/mol. The molecule has 0 aromatic carbocycles. The van der Waals surface area contributed by atoms with Gasteiger partial charge in [0.15, 0.2) is 0 Å². The third-order valence-electron chi connectivity index (χ3n) is 2.82. The summed E-state index contributed by atoms with van der Waals surface area (Å²) in [7, 11) is 0. The fourth-order valence-corrected chi connectivity index (χ4v) is 1.96. The van der Waals surface area contributed by atoms with E-state index in [4.69, 9.17) is 12.2 Å². The largest absolute Gasteiger partial charge is 0.333 e. The highest BCUT2D eigenvalue weighted by molar-refractivity contribution is 5.04. The number of rotatable bonds is 7. The Labute approximate surface area is 104 Å². The van der Waals surface area contributed by atoms with Crippen LogP contribution in [0.4, 0.5) is 0 Å². The van der Waals surface area contributed by atoms with Gasteiger partial charge in [-0.3, -0.25) is 0 Å². The number of hydrogen-bond donors (Lipinski definition) is 1. The first-order valence-electron chi connectivity index (χ1n) is 6.34. The molecule has 0 aliphatic rings. The van der Waals surface area contributed by atoms with Gasteiger partial charge in [0.1, 0.15) is 0 Å². The number of terminal acetylenes is 1. The Bertz CT molecular complexity index is 360. The molecule has 1 rings (SSSR count). The molecular formula is C14H23N3. The normalized spacial score (nSPS) is 12.6. The van der Waals surface area contributed by atoms with Crippen LogP contribution in [-0.2, 0) is 6.54 Å². The van der Waals surface area contributed by atoms with Crippen LogP contribution in [0.15, 0.2) is 12.5 Å². The molecule has 1 unspecified atom stereocenters. The lowest BCUT2D eigenvalue weighted by atomic mass is 10.0.